The lowest BCUT2D eigenvalue weighted by Crippen LogP contribution is -2.49. The number of hydrogen-bond donors (Lipinski definition) is 0. The van der Waals surface area contributed by atoms with Crippen LogP contribution in [-0.4, -0.2) is 84.1 Å². The molecule has 1 amide bonds. The minimum absolute atomic E-state index is 0.138. The summed E-state index contributed by atoms with van der Waals surface area (Å²) >= 11 is 5.59. The van der Waals surface area contributed by atoms with Gasteiger partial charge in [-0.05, 0) is 25.0 Å². The fraction of sp³-hybridized carbons (Fsp3) is 0.579. The number of ether oxygens (including phenoxy) is 1. The van der Waals surface area contributed by atoms with Gasteiger partial charge in [-0.25, -0.2) is 0 Å². The van der Waals surface area contributed by atoms with E-state index in [0.29, 0.717) is 0 Å². The van der Waals surface area contributed by atoms with Crippen LogP contribution in [0.1, 0.15) is 28.8 Å². The number of thiocarbonyl (C=S) groups is 1. The molecule has 5 nitrogen and oxygen atoms in total. The van der Waals surface area contributed by atoms with E-state index in [2.05, 4.69) is 9.80 Å². The molecule has 0 radical (unpaired) electrons. The van der Waals surface area contributed by atoms with Crippen LogP contribution in [0.3, 0.4) is 0 Å². The van der Waals surface area contributed by atoms with E-state index in [9.17, 15) is 4.79 Å². The maximum absolute atomic E-state index is 12.7. The monoisotopic (exact) mass is 359 g/mol. The van der Waals surface area contributed by atoms with Crippen LogP contribution in [0.5, 0.6) is 0 Å². The van der Waals surface area contributed by atoms with Gasteiger partial charge in [-0.15, -0.1) is 0 Å². The number of carbonyl (C=O) groups excluding carboxylic acids is 1. The molecule has 2 saturated heterocycles. The Hall–Kier alpha value is -1.50. The molecule has 0 bridgehead atoms. The van der Waals surface area contributed by atoms with Gasteiger partial charge in [-0.2, -0.15) is 0 Å². The van der Waals surface area contributed by atoms with Gasteiger partial charge < -0.3 is 14.5 Å². The predicted molar refractivity (Wildman–Crippen MR) is 101 cm³/mol. The minimum atomic E-state index is 0.138. The van der Waals surface area contributed by atoms with Crippen molar-refractivity contribution in [2.45, 2.75) is 18.9 Å². The van der Waals surface area contributed by atoms with Crippen LogP contribution in [0.15, 0.2) is 24.3 Å². The minimum Gasteiger partial charge on any atom is -0.378 e. The van der Waals surface area contributed by atoms with Crippen molar-refractivity contribution in [2.75, 3.05) is 52.5 Å². The molecule has 1 aliphatic carbocycles. The summed E-state index contributed by atoms with van der Waals surface area (Å²) in [5.74, 6) is 0.138. The van der Waals surface area contributed by atoms with Gasteiger partial charge in [-0.1, -0.05) is 24.4 Å². The Bertz CT molecular complexity index is 631. The number of rotatable bonds is 3. The maximum atomic E-state index is 12.7. The molecule has 2 heterocycles. The number of amides is 1. The van der Waals surface area contributed by atoms with Crippen molar-refractivity contribution >= 4 is 23.1 Å². The predicted octanol–water partition coefficient (Wildman–Crippen LogP) is 1.61. The topological polar surface area (TPSA) is 36.0 Å². The summed E-state index contributed by atoms with van der Waals surface area (Å²) in [6.45, 7) is 6.82. The number of carbonyl (C=O) groups is 1. The Labute approximate surface area is 154 Å². The first-order valence-electron chi connectivity index (χ1n) is 9.23. The van der Waals surface area contributed by atoms with Crippen molar-refractivity contribution in [3.05, 3.63) is 35.4 Å². The Morgan fingerprint density at radius 3 is 2.08 bits per heavy atom. The third kappa shape index (κ3) is 3.86. The van der Waals surface area contributed by atoms with Crippen molar-refractivity contribution < 1.29 is 9.53 Å². The van der Waals surface area contributed by atoms with Gasteiger partial charge in [0.1, 0.15) is 4.99 Å². The summed E-state index contributed by atoms with van der Waals surface area (Å²) in [7, 11) is 0. The summed E-state index contributed by atoms with van der Waals surface area (Å²) in [6.07, 6.45) is 2.66. The molecule has 6 heteroatoms. The van der Waals surface area contributed by atoms with Gasteiger partial charge >= 0.3 is 0 Å². The normalized spacial score (nSPS) is 22.1. The highest BCUT2D eigenvalue weighted by atomic mass is 32.1. The Morgan fingerprint density at radius 2 is 1.48 bits per heavy atom. The van der Waals surface area contributed by atoms with E-state index in [4.69, 9.17) is 17.0 Å². The molecule has 0 unspecified atom stereocenters. The molecular formula is C19H25N3O2S. The lowest BCUT2D eigenvalue weighted by atomic mass is 10.1. The van der Waals surface area contributed by atoms with E-state index in [1.807, 2.05) is 29.2 Å². The molecule has 0 spiro atoms. The lowest BCUT2D eigenvalue weighted by molar-refractivity contribution is 0.0627. The summed E-state index contributed by atoms with van der Waals surface area (Å²) in [5, 5.41) is 0. The quantitative estimate of drug-likeness (QED) is 0.767. The molecule has 1 saturated carbocycles. The average Bonchev–Trinajstić information content (AvgIpc) is 3.53. The second kappa shape index (κ2) is 7.40. The van der Waals surface area contributed by atoms with Gasteiger partial charge in [-0.3, -0.25) is 9.69 Å². The zero-order valence-electron chi connectivity index (χ0n) is 14.5. The molecule has 1 aromatic carbocycles. The Kier molecular flexibility index (Phi) is 5.01. The van der Waals surface area contributed by atoms with Crippen molar-refractivity contribution in [2.24, 2.45) is 0 Å². The lowest BCUT2D eigenvalue weighted by Gasteiger charge is -2.35. The molecule has 3 aliphatic rings. The summed E-state index contributed by atoms with van der Waals surface area (Å²) in [5.41, 5.74) is 1.76. The fourth-order valence-corrected chi connectivity index (χ4v) is 3.94. The summed E-state index contributed by atoms with van der Waals surface area (Å²) in [4.78, 5) is 20.2. The van der Waals surface area contributed by atoms with Crippen molar-refractivity contribution in [3.8, 4) is 0 Å². The molecule has 0 aromatic heterocycles. The molecular weight excluding hydrogens is 334 g/mol. The first-order chi connectivity index (χ1) is 12.2. The van der Waals surface area contributed by atoms with Gasteiger partial charge in [0.05, 0.1) is 13.2 Å². The highest BCUT2D eigenvalue weighted by Crippen LogP contribution is 2.27. The summed E-state index contributed by atoms with van der Waals surface area (Å²) < 4.78 is 5.37. The molecule has 134 valence electrons. The molecule has 0 atom stereocenters. The van der Waals surface area contributed by atoms with Crippen molar-refractivity contribution in [3.63, 3.8) is 0 Å². The number of benzene rings is 1. The highest BCUT2D eigenvalue weighted by Gasteiger charge is 2.32. The van der Waals surface area contributed by atoms with E-state index in [-0.39, 0.29) is 5.91 Å². The van der Waals surface area contributed by atoms with Gasteiger partial charge in [0.2, 0.25) is 0 Å². The Balaban J connectivity index is 1.36. The van der Waals surface area contributed by atoms with Gasteiger partial charge in [0.25, 0.3) is 5.91 Å². The standard InChI is InChI=1S/C19H25N3O2S/c23-18(21-9-7-20(8-10-21)17-5-6-17)15-1-3-16(4-2-15)19(25)22-11-13-24-14-12-22/h1-4,17H,5-14H2. The van der Waals surface area contributed by atoms with E-state index < -0.39 is 0 Å². The van der Waals surface area contributed by atoms with E-state index in [1.54, 1.807) is 0 Å². The van der Waals surface area contributed by atoms with Crippen LogP contribution in [0.25, 0.3) is 0 Å². The molecule has 3 fully saturated rings. The smallest absolute Gasteiger partial charge is 0.253 e. The maximum Gasteiger partial charge on any atom is 0.253 e. The van der Waals surface area contributed by atoms with Crippen molar-refractivity contribution in [1.82, 2.24) is 14.7 Å². The van der Waals surface area contributed by atoms with Crippen LogP contribution in [-0.2, 0) is 4.74 Å². The number of nitrogens with zero attached hydrogens (tertiary/aromatic N) is 3. The summed E-state index contributed by atoms with van der Waals surface area (Å²) in [6, 6.07) is 8.57. The van der Waals surface area contributed by atoms with Gasteiger partial charge in [0, 0.05) is 56.4 Å². The molecule has 2 aliphatic heterocycles. The highest BCUT2D eigenvalue weighted by molar-refractivity contribution is 7.80. The number of hydrogen-bond acceptors (Lipinski definition) is 4. The van der Waals surface area contributed by atoms with Crippen molar-refractivity contribution in [1.29, 1.82) is 0 Å². The largest absolute Gasteiger partial charge is 0.378 e. The zero-order chi connectivity index (χ0) is 17.2. The van der Waals surface area contributed by atoms with E-state index in [1.165, 1.54) is 12.8 Å². The second-order valence-corrected chi connectivity index (χ2v) is 7.43. The number of morpholine rings is 1. The van der Waals surface area contributed by atoms with Crippen LogP contribution < -0.4 is 0 Å². The van der Waals surface area contributed by atoms with Crippen LogP contribution in [0.2, 0.25) is 0 Å². The van der Waals surface area contributed by atoms with Crippen LogP contribution in [0.4, 0.5) is 0 Å². The molecule has 1 aromatic rings. The van der Waals surface area contributed by atoms with Crippen LogP contribution in [0, 0.1) is 0 Å². The molecule has 4 rings (SSSR count). The van der Waals surface area contributed by atoms with Gasteiger partial charge in [0.15, 0.2) is 0 Å². The number of piperazine rings is 1. The van der Waals surface area contributed by atoms with E-state index in [0.717, 1.165) is 74.6 Å². The zero-order valence-corrected chi connectivity index (χ0v) is 15.3. The first kappa shape index (κ1) is 16.9. The van der Waals surface area contributed by atoms with Crippen LogP contribution >= 0.6 is 12.2 Å². The molecule has 0 N–H and O–H groups in total. The first-order valence-corrected chi connectivity index (χ1v) is 9.63. The Morgan fingerprint density at radius 1 is 0.880 bits per heavy atom. The third-order valence-electron chi connectivity index (χ3n) is 5.34. The average molecular weight is 359 g/mol. The second-order valence-electron chi connectivity index (χ2n) is 7.04. The fourth-order valence-electron chi connectivity index (χ4n) is 3.62. The molecule has 25 heavy (non-hydrogen) atoms. The SMILES string of the molecule is O=C(c1ccc(C(=S)N2CCOCC2)cc1)N1CCN(C2CC2)CC1. The van der Waals surface area contributed by atoms with E-state index >= 15 is 0 Å². The third-order valence-corrected chi connectivity index (χ3v) is 5.84.